The van der Waals surface area contributed by atoms with E-state index in [0.717, 1.165) is 12.8 Å². The summed E-state index contributed by atoms with van der Waals surface area (Å²) < 4.78 is 0. The van der Waals surface area contributed by atoms with Crippen LogP contribution < -0.4 is 11.1 Å². The second-order valence-corrected chi connectivity index (χ2v) is 5.72. The lowest BCUT2D eigenvalue weighted by molar-refractivity contribution is -0.123. The van der Waals surface area contributed by atoms with Crippen LogP contribution in [-0.4, -0.2) is 18.5 Å². The third-order valence-corrected chi connectivity index (χ3v) is 4.50. The van der Waals surface area contributed by atoms with Gasteiger partial charge in [-0.3, -0.25) is 4.79 Å². The lowest BCUT2D eigenvalue weighted by atomic mass is 10.0. The predicted octanol–water partition coefficient (Wildman–Crippen LogP) is 2.48. The lowest BCUT2D eigenvalue weighted by Crippen LogP contribution is -2.41. The van der Waals surface area contributed by atoms with Gasteiger partial charge in [-0.05, 0) is 31.1 Å². The number of halogens is 1. The van der Waals surface area contributed by atoms with Gasteiger partial charge in [0.05, 0.1) is 0 Å². The van der Waals surface area contributed by atoms with Gasteiger partial charge in [-0.25, -0.2) is 0 Å². The van der Waals surface area contributed by atoms with Crippen LogP contribution in [0.3, 0.4) is 0 Å². The summed E-state index contributed by atoms with van der Waals surface area (Å²) in [6.45, 7) is 2.75. The van der Waals surface area contributed by atoms with E-state index in [-0.39, 0.29) is 24.4 Å². The van der Waals surface area contributed by atoms with Crippen molar-refractivity contribution >= 4 is 18.3 Å². The lowest BCUT2D eigenvalue weighted by Gasteiger charge is -2.16. The van der Waals surface area contributed by atoms with Crippen molar-refractivity contribution in [2.24, 2.45) is 23.5 Å². The van der Waals surface area contributed by atoms with E-state index >= 15 is 0 Å². The molecule has 1 amide bonds. The van der Waals surface area contributed by atoms with Gasteiger partial charge in [0.15, 0.2) is 0 Å². The third-order valence-electron chi connectivity index (χ3n) is 4.50. The first-order valence-electron chi connectivity index (χ1n) is 7.28. The summed E-state index contributed by atoms with van der Waals surface area (Å²) in [5, 5.41) is 3.16. The van der Waals surface area contributed by atoms with Gasteiger partial charge in [-0.1, -0.05) is 32.6 Å². The molecule has 0 aromatic rings. The normalized spacial score (nSPS) is 30.9. The molecule has 0 radical (unpaired) electrons. The molecule has 2 saturated carbocycles. The zero-order valence-electron chi connectivity index (χ0n) is 11.4. The van der Waals surface area contributed by atoms with E-state index in [1.807, 2.05) is 0 Å². The number of rotatable bonds is 6. The number of nitrogens with one attached hydrogen (secondary N) is 1. The van der Waals surface area contributed by atoms with Crippen molar-refractivity contribution in [3.8, 4) is 0 Å². The Bertz CT molecular complexity index is 261. The minimum atomic E-state index is 0. The molecule has 2 fully saturated rings. The minimum Gasteiger partial charge on any atom is -0.352 e. The molecular weight excluding hydrogens is 248 g/mol. The van der Waals surface area contributed by atoms with Crippen molar-refractivity contribution in [3.63, 3.8) is 0 Å². The highest BCUT2D eigenvalue weighted by molar-refractivity contribution is 5.85. The van der Waals surface area contributed by atoms with E-state index in [1.165, 1.54) is 32.1 Å². The Labute approximate surface area is 117 Å². The van der Waals surface area contributed by atoms with Gasteiger partial charge in [-0.2, -0.15) is 0 Å². The van der Waals surface area contributed by atoms with Gasteiger partial charge in [0.2, 0.25) is 5.91 Å². The number of carbonyl (C=O) groups is 1. The maximum absolute atomic E-state index is 12.1. The van der Waals surface area contributed by atoms with Crippen LogP contribution in [0.5, 0.6) is 0 Å². The molecular formula is C14H27ClN2O. The molecule has 3 unspecified atom stereocenters. The second kappa shape index (κ2) is 7.34. The summed E-state index contributed by atoms with van der Waals surface area (Å²) in [7, 11) is 0. The molecule has 0 spiro atoms. The standard InChI is InChI=1S/C14H26N2O.ClH/c1-2-3-6-10(9-15)16-14(17)13-11-7-4-5-8-12(11)13;/h10-13H,2-9,15H2,1H3,(H,16,17);1H. The molecule has 0 aromatic heterocycles. The second-order valence-electron chi connectivity index (χ2n) is 5.72. The summed E-state index contributed by atoms with van der Waals surface area (Å²) in [6.07, 6.45) is 8.53. The summed E-state index contributed by atoms with van der Waals surface area (Å²) in [5.41, 5.74) is 5.71. The van der Waals surface area contributed by atoms with Crippen molar-refractivity contribution < 1.29 is 4.79 Å². The summed E-state index contributed by atoms with van der Waals surface area (Å²) >= 11 is 0. The number of amides is 1. The zero-order chi connectivity index (χ0) is 12.3. The highest BCUT2D eigenvalue weighted by Gasteiger charge is 2.54. The van der Waals surface area contributed by atoms with Crippen LogP contribution in [0.25, 0.3) is 0 Å². The SMILES string of the molecule is CCCCC(CN)NC(=O)C1C2CCCCC21.Cl. The summed E-state index contributed by atoms with van der Waals surface area (Å²) in [6, 6.07) is 0.199. The highest BCUT2D eigenvalue weighted by Crippen LogP contribution is 2.55. The molecule has 4 heteroatoms. The van der Waals surface area contributed by atoms with Crippen LogP contribution in [0.15, 0.2) is 0 Å². The first-order valence-corrected chi connectivity index (χ1v) is 7.28. The Morgan fingerprint density at radius 3 is 2.44 bits per heavy atom. The van der Waals surface area contributed by atoms with Gasteiger partial charge >= 0.3 is 0 Å². The van der Waals surface area contributed by atoms with Crippen molar-refractivity contribution in [2.45, 2.75) is 57.9 Å². The van der Waals surface area contributed by atoms with Gasteiger partial charge < -0.3 is 11.1 Å². The third kappa shape index (κ3) is 3.61. The van der Waals surface area contributed by atoms with Gasteiger partial charge in [0.1, 0.15) is 0 Å². The van der Waals surface area contributed by atoms with Crippen molar-refractivity contribution in [1.82, 2.24) is 5.32 Å². The van der Waals surface area contributed by atoms with E-state index in [4.69, 9.17) is 5.73 Å². The van der Waals surface area contributed by atoms with Crippen LogP contribution in [0, 0.1) is 17.8 Å². The molecule has 2 rings (SSSR count). The average Bonchev–Trinajstić information content (AvgIpc) is 3.08. The molecule has 106 valence electrons. The first-order chi connectivity index (χ1) is 8.27. The van der Waals surface area contributed by atoms with Crippen LogP contribution in [0.4, 0.5) is 0 Å². The molecule has 3 N–H and O–H groups in total. The number of unbranched alkanes of at least 4 members (excludes halogenated alkanes) is 1. The minimum absolute atomic E-state index is 0. The zero-order valence-corrected chi connectivity index (χ0v) is 12.2. The van der Waals surface area contributed by atoms with Crippen LogP contribution in [0.1, 0.15) is 51.9 Å². The molecule has 3 nitrogen and oxygen atoms in total. The molecule has 3 atom stereocenters. The van der Waals surface area contributed by atoms with E-state index in [2.05, 4.69) is 12.2 Å². The summed E-state index contributed by atoms with van der Waals surface area (Å²) in [5.74, 6) is 2.02. The Morgan fingerprint density at radius 1 is 1.33 bits per heavy atom. The smallest absolute Gasteiger partial charge is 0.223 e. The predicted molar refractivity (Wildman–Crippen MR) is 76.7 cm³/mol. The quantitative estimate of drug-likeness (QED) is 0.782. The fourth-order valence-electron chi connectivity index (χ4n) is 3.38. The Kier molecular flexibility index (Phi) is 6.44. The van der Waals surface area contributed by atoms with Crippen molar-refractivity contribution in [1.29, 1.82) is 0 Å². The number of hydrogen-bond acceptors (Lipinski definition) is 2. The fraction of sp³-hybridized carbons (Fsp3) is 0.929. The maximum atomic E-state index is 12.1. The molecule has 0 bridgehead atoms. The molecule has 0 aliphatic heterocycles. The van der Waals surface area contributed by atoms with E-state index in [1.54, 1.807) is 0 Å². The van der Waals surface area contributed by atoms with E-state index in [0.29, 0.717) is 24.3 Å². The van der Waals surface area contributed by atoms with Gasteiger partial charge in [-0.15, -0.1) is 12.4 Å². The Morgan fingerprint density at radius 2 is 1.94 bits per heavy atom. The molecule has 2 aliphatic rings. The largest absolute Gasteiger partial charge is 0.352 e. The Hall–Kier alpha value is -0.280. The monoisotopic (exact) mass is 274 g/mol. The van der Waals surface area contributed by atoms with Crippen LogP contribution >= 0.6 is 12.4 Å². The highest BCUT2D eigenvalue weighted by atomic mass is 35.5. The molecule has 2 aliphatic carbocycles. The number of fused-ring (bicyclic) bond motifs is 1. The molecule has 0 saturated heterocycles. The van der Waals surface area contributed by atoms with E-state index in [9.17, 15) is 4.79 Å². The number of carbonyl (C=O) groups excluding carboxylic acids is 1. The van der Waals surface area contributed by atoms with Crippen LogP contribution in [0.2, 0.25) is 0 Å². The van der Waals surface area contributed by atoms with Crippen LogP contribution in [-0.2, 0) is 4.79 Å². The maximum Gasteiger partial charge on any atom is 0.223 e. The average molecular weight is 275 g/mol. The summed E-state index contributed by atoms with van der Waals surface area (Å²) in [4.78, 5) is 12.1. The van der Waals surface area contributed by atoms with Gasteiger partial charge in [0.25, 0.3) is 0 Å². The topological polar surface area (TPSA) is 55.1 Å². The van der Waals surface area contributed by atoms with Crippen molar-refractivity contribution in [3.05, 3.63) is 0 Å². The fourth-order valence-corrected chi connectivity index (χ4v) is 3.38. The number of hydrogen-bond donors (Lipinski definition) is 2. The molecule has 0 heterocycles. The molecule has 18 heavy (non-hydrogen) atoms. The van der Waals surface area contributed by atoms with Crippen molar-refractivity contribution in [2.75, 3.05) is 6.54 Å². The number of nitrogens with two attached hydrogens (primary N) is 1. The first kappa shape index (κ1) is 15.8. The molecule has 0 aromatic carbocycles. The van der Waals surface area contributed by atoms with Gasteiger partial charge in [0, 0.05) is 18.5 Å². The van der Waals surface area contributed by atoms with E-state index < -0.39 is 0 Å². The Balaban J connectivity index is 0.00000162.